The average molecular weight is 447 g/mol. The van der Waals surface area contributed by atoms with E-state index in [1.54, 1.807) is 44.2 Å². The van der Waals surface area contributed by atoms with Crippen molar-refractivity contribution in [1.29, 1.82) is 0 Å². The van der Waals surface area contributed by atoms with Gasteiger partial charge in [0.1, 0.15) is 18.1 Å². The fourth-order valence-corrected chi connectivity index (χ4v) is 3.40. The van der Waals surface area contributed by atoms with E-state index in [0.717, 1.165) is 0 Å². The molecule has 32 heavy (non-hydrogen) atoms. The zero-order chi connectivity index (χ0) is 23.8. The zero-order valence-corrected chi connectivity index (χ0v) is 18.4. The van der Waals surface area contributed by atoms with Crippen LogP contribution in [0.4, 0.5) is 0 Å². The Bertz CT molecular complexity index is 856. The first-order valence-electron chi connectivity index (χ1n) is 10.5. The lowest BCUT2D eigenvalue weighted by Crippen LogP contribution is -2.57. The summed E-state index contributed by atoms with van der Waals surface area (Å²) in [5.41, 5.74) is 0.297. The van der Waals surface area contributed by atoms with Gasteiger partial charge in [-0.2, -0.15) is 0 Å². The number of carbonyl (C=O) groups excluding carboxylic acids is 4. The highest BCUT2D eigenvalue weighted by atomic mass is 16.5. The first-order valence-corrected chi connectivity index (χ1v) is 10.5. The van der Waals surface area contributed by atoms with Crippen LogP contribution in [0.3, 0.4) is 0 Å². The molecule has 10 nitrogen and oxygen atoms in total. The number of esters is 1. The Morgan fingerprint density at radius 3 is 2.34 bits per heavy atom. The Balaban J connectivity index is 1.89. The van der Waals surface area contributed by atoms with E-state index < -0.39 is 54.4 Å². The molecule has 0 bridgehead atoms. The molecule has 3 atom stereocenters. The fourth-order valence-electron chi connectivity index (χ4n) is 3.40. The standard InChI is InChI=1S/C22H29N3O7/c1-13(2)18(20(28)25-11-7-10-16(25)21(29)30)24-19(27)14(3)23-17(26)12-32-22(31)15-8-5-4-6-9-15/h4-6,8-9,13-14,16,18H,7,10-12H2,1-3H3,(H,23,26)(H,24,27)(H,29,30)/t14-,16-,18-/m0/s1. The van der Waals surface area contributed by atoms with Crippen molar-refractivity contribution in [3.8, 4) is 0 Å². The number of hydrogen-bond acceptors (Lipinski definition) is 6. The van der Waals surface area contributed by atoms with Crippen molar-refractivity contribution < 1.29 is 33.8 Å². The van der Waals surface area contributed by atoms with Crippen molar-refractivity contribution in [3.63, 3.8) is 0 Å². The molecule has 10 heteroatoms. The van der Waals surface area contributed by atoms with Crippen LogP contribution in [-0.4, -0.2) is 70.9 Å². The number of rotatable bonds is 9. The summed E-state index contributed by atoms with van der Waals surface area (Å²) in [4.78, 5) is 62.1. The van der Waals surface area contributed by atoms with Gasteiger partial charge in [0, 0.05) is 6.54 Å². The number of hydrogen-bond donors (Lipinski definition) is 3. The highest BCUT2D eigenvalue weighted by Crippen LogP contribution is 2.20. The van der Waals surface area contributed by atoms with E-state index in [9.17, 15) is 29.1 Å². The van der Waals surface area contributed by atoms with Gasteiger partial charge in [-0.05, 0) is 37.8 Å². The van der Waals surface area contributed by atoms with Crippen molar-refractivity contribution in [2.45, 2.75) is 51.7 Å². The van der Waals surface area contributed by atoms with Gasteiger partial charge in [0.2, 0.25) is 11.8 Å². The van der Waals surface area contributed by atoms with Crippen molar-refractivity contribution in [3.05, 3.63) is 35.9 Å². The second-order valence-electron chi connectivity index (χ2n) is 7.99. The summed E-state index contributed by atoms with van der Waals surface area (Å²) in [5.74, 6) is -3.78. The van der Waals surface area contributed by atoms with Crippen molar-refractivity contribution in [1.82, 2.24) is 15.5 Å². The van der Waals surface area contributed by atoms with E-state index in [0.29, 0.717) is 24.9 Å². The van der Waals surface area contributed by atoms with Crippen LogP contribution >= 0.6 is 0 Å². The number of benzene rings is 1. The molecule has 1 aromatic rings. The number of nitrogens with one attached hydrogen (secondary N) is 2. The lowest BCUT2D eigenvalue weighted by molar-refractivity contribution is -0.150. The third-order valence-corrected chi connectivity index (χ3v) is 5.17. The van der Waals surface area contributed by atoms with Gasteiger partial charge in [-0.3, -0.25) is 14.4 Å². The van der Waals surface area contributed by atoms with Crippen LogP contribution in [0.2, 0.25) is 0 Å². The molecular formula is C22H29N3O7. The topological polar surface area (TPSA) is 142 Å². The molecule has 1 fully saturated rings. The van der Waals surface area contributed by atoms with Crippen LogP contribution in [0.15, 0.2) is 30.3 Å². The molecule has 0 saturated carbocycles. The largest absolute Gasteiger partial charge is 0.480 e. The van der Waals surface area contributed by atoms with Gasteiger partial charge >= 0.3 is 11.9 Å². The fraction of sp³-hybridized carbons (Fsp3) is 0.500. The molecule has 1 aromatic carbocycles. The maximum absolute atomic E-state index is 12.9. The van der Waals surface area contributed by atoms with Crippen molar-refractivity contribution in [2.24, 2.45) is 5.92 Å². The number of likely N-dealkylation sites (tertiary alicyclic amines) is 1. The van der Waals surface area contributed by atoms with Gasteiger partial charge in [-0.1, -0.05) is 32.0 Å². The molecular weight excluding hydrogens is 418 g/mol. The molecule has 1 heterocycles. The van der Waals surface area contributed by atoms with E-state index in [4.69, 9.17) is 4.74 Å². The molecule has 3 amide bonds. The molecule has 174 valence electrons. The summed E-state index contributed by atoms with van der Waals surface area (Å²) in [6.45, 7) is 4.66. The normalized spacial score (nSPS) is 17.4. The summed E-state index contributed by atoms with van der Waals surface area (Å²) in [6.07, 6.45) is 0.948. The van der Waals surface area contributed by atoms with Crippen molar-refractivity contribution >= 4 is 29.7 Å². The molecule has 0 radical (unpaired) electrons. The molecule has 1 aliphatic rings. The minimum absolute atomic E-state index is 0.295. The maximum Gasteiger partial charge on any atom is 0.338 e. The summed E-state index contributed by atoms with van der Waals surface area (Å²) in [7, 11) is 0. The third kappa shape index (κ3) is 6.53. The summed E-state index contributed by atoms with van der Waals surface area (Å²) < 4.78 is 4.93. The number of amides is 3. The number of carboxylic acids is 1. The molecule has 2 rings (SSSR count). The second-order valence-corrected chi connectivity index (χ2v) is 7.99. The number of nitrogens with zero attached hydrogens (tertiary/aromatic N) is 1. The van der Waals surface area contributed by atoms with Gasteiger partial charge in [-0.15, -0.1) is 0 Å². The Hall–Kier alpha value is -3.43. The second kappa shape index (κ2) is 11.3. The number of ether oxygens (including phenoxy) is 1. The first kappa shape index (κ1) is 24.8. The van der Waals surface area contributed by atoms with Gasteiger partial charge < -0.3 is 25.4 Å². The molecule has 1 aliphatic heterocycles. The summed E-state index contributed by atoms with van der Waals surface area (Å²) in [6, 6.07) is 5.33. The van der Waals surface area contributed by atoms with Gasteiger partial charge in [0.05, 0.1) is 5.56 Å². The smallest absolute Gasteiger partial charge is 0.338 e. The van der Waals surface area contributed by atoms with Gasteiger partial charge in [0.15, 0.2) is 6.61 Å². The highest BCUT2D eigenvalue weighted by molar-refractivity contribution is 5.94. The van der Waals surface area contributed by atoms with Crippen LogP contribution in [0.25, 0.3) is 0 Å². The minimum Gasteiger partial charge on any atom is -0.480 e. The van der Waals surface area contributed by atoms with E-state index in [2.05, 4.69) is 10.6 Å². The first-order chi connectivity index (χ1) is 15.1. The number of carbonyl (C=O) groups is 5. The third-order valence-electron chi connectivity index (χ3n) is 5.17. The zero-order valence-electron chi connectivity index (χ0n) is 18.4. The van der Waals surface area contributed by atoms with E-state index in [-0.39, 0.29) is 5.92 Å². The molecule has 0 aliphatic carbocycles. The van der Waals surface area contributed by atoms with E-state index >= 15 is 0 Å². The van der Waals surface area contributed by atoms with Crippen LogP contribution in [0, 0.1) is 5.92 Å². The SMILES string of the molecule is CC(C)[C@H](NC(=O)[C@H](C)NC(=O)COC(=O)c1ccccc1)C(=O)N1CCC[C@H]1C(=O)O. The maximum atomic E-state index is 12.9. The highest BCUT2D eigenvalue weighted by Gasteiger charge is 2.39. The molecule has 1 saturated heterocycles. The Labute approximate surface area is 186 Å². The number of aliphatic carboxylic acids is 1. The molecule has 3 N–H and O–H groups in total. The van der Waals surface area contributed by atoms with E-state index in [1.807, 2.05) is 0 Å². The van der Waals surface area contributed by atoms with Crippen LogP contribution < -0.4 is 10.6 Å². The molecule has 0 aromatic heterocycles. The van der Waals surface area contributed by atoms with Gasteiger partial charge in [-0.25, -0.2) is 9.59 Å². The lowest BCUT2D eigenvalue weighted by Gasteiger charge is -2.30. The predicted molar refractivity (Wildman–Crippen MR) is 113 cm³/mol. The van der Waals surface area contributed by atoms with Crippen LogP contribution in [0.5, 0.6) is 0 Å². The van der Waals surface area contributed by atoms with Gasteiger partial charge in [0.25, 0.3) is 5.91 Å². The Morgan fingerprint density at radius 1 is 1.09 bits per heavy atom. The van der Waals surface area contributed by atoms with Crippen LogP contribution in [-0.2, 0) is 23.9 Å². The lowest BCUT2D eigenvalue weighted by atomic mass is 10.0. The summed E-state index contributed by atoms with van der Waals surface area (Å²) >= 11 is 0. The Kier molecular flexibility index (Phi) is 8.74. The molecule has 0 unspecified atom stereocenters. The van der Waals surface area contributed by atoms with E-state index in [1.165, 1.54) is 11.8 Å². The molecule has 0 spiro atoms. The summed E-state index contributed by atoms with van der Waals surface area (Å²) in [5, 5.41) is 14.3. The van der Waals surface area contributed by atoms with Crippen molar-refractivity contribution in [2.75, 3.05) is 13.2 Å². The number of carboxylic acid groups (broad SMARTS) is 1. The van der Waals surface area contributed by atoms with Crippen LogP contribution in [0.1, 0.15) is 44.0 Å². The average Bonchev–Trinajstić information content (AvgIpc) is 3.26. The Morgan fingerprint density at radius 2 is 1.75 bits per heavy atom. The quantitative estimate of drug-likeness (QED) is 0.470. The predicted octanol–water partition coefficient (Wildman–Crippen LogP) is 0.565. The monoisotopic (exact) mass is 447 g/mol. The minimum atomic E-state index is -1.07.